The third kappa shape index (κ3) is 4.98. The number of halogens is 1. The first-order valence-electron chi connectivity index (χ1n) is 10.8. The number of carbonyl (C=O) groups is 1. The van der Waals surface area contributed by atoms with Crippen molar-refractivity contribution in [3.05, 3.63) is 39.6 Å². The van der Waals surface area contributed by atoms with Crippen LogP contribution in [-0.2, 0) is 27.8 Å². The van der Waals surface area contributed by atoms with Crippen LogP contribution in [0.15, 0.2) is 39.1 Å². The van der Waals surface area contributed by atoms with Gasteiger partial charge in [0.1, 0.15) is 0 Å². The molecule has 3 aromatic rings. The van der Waals surface area contributed by atoms with E-state index in [9.17, 15) is 14.7 Å². The molecule has 1 unspecified atom stereocenters. The van der Waals surface area contributed by atoms with E-state index in [1.54, 1.807) is 31.8 Å². The maximum absolute atomic E-state index is 12.6. The van der Waals surface area contributed by atoms with Crippen molar-refractivity contribution in [1.29, 1.82) is 0 Å². The molecule has 2 saturated heterocycles. The fourth-order valence-electron chi connectivity index (χ4n) is 3.91. The molecule has 17 heteroatoms. The van der Waals surface area contributed by atoms with Crippen LogP contribution < -0.4 is 11.3 Å². The second kappa shape index (κ2) is 9.91. The molecule has 13 nitrogen and oxygen atoms in total. The van der Waals surface area contributed by atoms with E-state index >= 15 is 0 Å². The monoisotopic (exact) mass is 557 g/mol. The number of aromatic amines is 1. The molecule has 192 valence electrons. The number of nitrogens with zero attached hydrogens (tertiary/aromatic N) is 3. The van der Waals surface area contributed by atoms with Crippen LogP contribution in [-0.4, -0.2) is 69.9 Å². The fourth-order valence-corrected chi connectivity index (χ4v) is 6.69. The number of fused-ring (bicyclic) bond motifs is 2. The number of ether oxygens (including phenoxy) is 2. The summed E-state index contributed by atoms with van der Waals surface area (Å²) in [5.41, 5.74) is 5.45. The number of aliphatic hydroxyl groups excluding tert-OH is 1. The molecule has 4 N–H and O–H groups in total. The molecule has 36 heavy (non-hydrogen) atoms. The Bertz CT molecular complexity index is 1360. The Kier molecular flexibility index (Phi) is 7.00. The summed E-state index contributed by atoms with van der Waals surface area (Å²) < 4.78 is 29.8. The van der Waals surface area contributed by atoms with Crippen LogP contribution in [0.25, 0.3) is 11.2 Å². The van der Waals surface area contributed by atoms with Crippen molar-refractivity contribution in [3.63, 3.8) is 0 Å². The molecule has 4 heterocycles. The quantitative estimate of drug-likeness (QED) is 0.168. The van der Waals surface area contributed by atoms with Gasteiger partial charge in [-0.2, -0.15) is 0 Å². The fraction of sp³-hybridized carbons (Fsp3) is 0.368. The predicted molar refractivity (Wildman–Crippen MR) is 133 cm³/mol. The summed E-state index contributed by atoms with van der Waals surface area (Å²) in [5, 5.41) is 12.2. The molecule has 0 aliphatic carbocycles. The van der Waals surface area contributed by atoms with E-state index in [2.05, 4.69) is 15.0 Å². The molecule has 0 radical (unpaired) electrons. The number of aromatic nitrogens is 4. The van der Waals surface area contributed by atoms with E-state index in [0.29, 0.717) is 10.2 Å². The van der Waals surface area contributed by atoms with E-state index in [1.165, 1.54) is 23.3 Å². The van der Waals surface area contributed by atoms with E-state index < -0.39 is 43.9 Å². The van der Waals surface area contributed by atoms with Crippen LogP contribution in [0.3, 0.4) is 0 Å². The Morgan fingerprint density at radius 1 is 1.42 bits per heavy atom. The van der Waals surface area contributed by atoms with Gasteiger partial charge in [-0.25, -0.2) is 0 Å². The van der Waals surface area contributed by atoms with Gasteiger partial charge in [0.25, 0.3) is 0 Å². The number of nitrogens with two attached hydrogens (primary N) is 1. The molecule has 0 bridgehead atoms. The van der Waals surface area contributed by atoms with Crippen LogP contribution in [0.5, 0.6) is 0 Å². The summed E-state index contributed by atoms with van der Waals surface area (Å²) in [6.07, 6.45) is -3.69. The number of hydrogen-bond acceptors (Lipinski definition) is 12. The van der Waals surface area contributed by atoms with Gasteiger partial charge in [-0.05, 0) is 0 Å². The van der Waals surface area contributed by atoms with Gasteiger partial charge in [0, 0.05) is 0 Å². The number of nitrogens with one attached hydrogen (secondary N) is 1. The Balaban J connectivity index is 1.48. The number of aliphatic hydroxyl groups is 1. The van der Waals surface area contributed by atoms with Crippen molar-refractivity contribution in [2.24, 2.45) is 0 Å². The van der Waals surface area contributed by atoms with Gasteiger partial charge in [0.2, 0.25) is 0 Å². The molecule has 1 aromatic carbocycles. The SMILES string of the molecule is B[PH]1(OCOC(C)=O)OC[C@H]2O[C@@H](n3c(Sc4ccc(Cl)cc4)nc4c(=O)[nH]c(N)nc43)C(O)[C@H]2O1. The molecule has 0 spiro atoms. The molecule has 0 saturated carbocycles. The number of anilines is 1. The zero-order valence-electron chi connectivity index (χ0n) is 19.0. The van der Waals surface area contributed by atoms with Crippen molar-refractivity contribution in [2.75, 3.05) is 19.1 Å². The van der Waals surface area contributed by atoms with Gasteiger partial charge >= 0.3 is 215 Å². The summed E-state index contributed by atoms with van der Waals surface area (Å²) in [4.78, 5) is 35.5. The molecular weight excluding hydrogens is 536 g/mol. The Morgan fingerprint density at radius 2 is 2.17 bits per heavy atom. The summed E-state index contributed by atoms with van der Waals surface area (Å²) in [5.74, 6) is -0.620. The second-order valence-corrected chi connectivity index (χ2v) is 12.2. The van der Waals surface area contributed by atoms with Crippen molar-refractivity contribution in [1.82, 2.24) is 19.5 Å². The number of hydrogen-bond donors (Lipinski definition) is 3. The minimum atomic E-state index is -3.25. The van der Waals surface area contributed by atoms with E-state index in [-0.39, 0.29) is 30.5 Å². The zero-order chi connectivity index (χ0) is 25.6. The van der Waals surface area contributed by atoms with Crippen molar-refractivity contribution in [3.8, 4) is 0 Å². The van der Waals surface area contributed by atoms with Crippen LogP contribution in [0.1, 0.15) is 13.2 Å². The van der Waals surface area contributed by atoms with Gasteiger partial charge in [-0.15, -0.1) is 0 Å². The molecule has 2 fully saturated rings. The standard InChI is InChI=1S/C19H22BClN5O8PS/c1-8(27)30-7-32-35(20)31-6-11-14(34-35)13(28)17(33-11)26-15-12(16(29)25-18(22)24-15)23-19(26)36-10-4-2-9(21)3-5-10/h2-5,11,13-14,17,28,35H,6-7,20H2,1H3,(H3,22,24,25,29)/t11-,13?,14+,17-/m1/s1. The maximum atomic E-state index is 12.6. The predicted octanol–water partition coefficient (Wildman–Crippen LogP) is 0.760. The average molecular weight is 558 g/mol. The van der Waals surface area contributed by atoms with Crippen molar-refractivity contribution in [2.45, 2.75) is 41.5 Å². The Labute approximate surface area is 214 Å². The van der Waals surface area contributed by atoms with E-state index in [0.717, 1.165) is 4.90 Å². The summed E-state index contributed by atoms with van der Waals surface area (Å²) >= 11 is 7.23. The Hall–Kier alpha value is -2.23. The first-order chi connectivity index (χ1) is 17.1. The molecule has 4 atom stereocenters. The number of benzene rings is 1. The number of esters is 1. The molecule has 2 aliphatic heterocycles. The third-order valence-electron chi connectivity index (χ3n) is 5.57. The number of imidazole rings is 1. The van der Waals surface area contributed by atoms with Crippen LogP contribution >= 0.6 is 31.2 Å². The normalized spacial score (nSPS) is 26.0. The molecular formula is C19H22BClN5O8PS. The van der Waals surface area contributed by atoms with Gasteiger partial charge in [0.15, 0.2) is 0 Å². The van der Waals surface area contributed by atoms with E-state index in [4.69, 9.17) is 40.4 Å². The number of rotatable bonds is 6. The summed E-state index contributed by atoms with van der Waals surface area (Å²) in [6.45, 7) is 0.991. The van der Waals surface area contributed by atoms with Gasteiger partial charge in [-0.3, -0.25) is 0 Å². The van der Waals surface area contributed by atoms with Crippen molar-refractivity contribution >= 4 is 61.8 Å². The number of H-pyrrole nitrogens is 1. The number of carbonyl (C=O) groups excluding carboxylic acids is 1. The first-order valence-corrected chi connectivity index (χ1v) is 14.2. The third-order valence-corrected chi connectivity index (χ3v) is 8.83. The van der Waals surface area contributed by atoms with Crippen molar-refractivity contribution < 1.29 is 32.9 Å². The molecule has 2 aromatic heterocycles. The Morgan fingerprint density at radius 3 is 2.89 bits per heavy atom. The minimum absolute atomic E-state index is 0.0347. The van der Waals surface area contributed by atoms with Gasteiger partial charge in [-0.1, -0.05) is 0 Å². The average Bonchev–Trinajstić information content (AvgIpc) is 3.32. The first kappa shape index (κ1) is 25.4. The van der Waals surface area contributed by atoms with Gasteiger partial charge < -0.3 is 0 Å². The van der Waals surface area contributed by atoms with Crippen LogP contribution in [0, 0.1) is 0 Å². The molecule has 5 rings (SSSR count). The number of nitrogen functional groups attached to an aromatic ring is 1. The molecule has 2 aliphatic rings. The van der Waals surface area contributed by atoms with Crippen LogP contribution in [0.4, 0.5) is 5.95 Å². The van der Waals surface area contributed by atoms with Gasteiger partial charge in [0.05, 0.1) is 0 Å². The summed E-state index contributed by atoms with van der Waals surface area (Å²) in [7, 11) is -1.62. The summed E-state index contributed by atoms with van der Waals surface area (Å²) in [6, 6.07) is 7.04. The second-order valence-electron chi connectivity index (χ2n) is 8.15. The zero-order valence-corrected chi connectivity index (χ0v) is 21.6. The van der Waals surface area contributed by atoms with E-state index in [1.807, 2.05) is 0 Å². The molecule has 0 amide bonds. The van der Waals surface area contributed by atoms with Crippen LogP contribution in [0.2, 0.25) is 5.02 Å². The topological polar surface area (TPSA) is 173 Å².